The van der Waals surface area contributed by atoms with Crippen LogP contribution in [0, 0.1) is 23.7 Å². The first-order valence-corrected chi connectivity index (χ1v) is 21.3. The standard InChI is InChI=1S/C50H40N2O2S/c53-55(54)48-19-8-5-15-43(48)50(35-27-32-26-33(29-35)30-36(50)28-32)44-25-24-39(31-49(44)55)51(45-18-9-11-34-10-1-2-12-40(34)45)37-20-22-38(23-21-37)52-46-16-6-3-13-41(46)42-14-4-7-17-47(42)52/h1-25,31-33,35-36H,26-30H2. The predicted octanol–water partition coefficient (Wildman–Crippen LogP) is 12.3. The van der Waals surface area contributed by atoms with E-state index in [0.717, 1.165) is 56.5 Å². The molecule has 268 valence electrons. The SMILES string of the molecule is O=S1(=O)c2ccccc2C2(c3ccc(N(c4ccc(-n5c6ccccc6c6ccccc65)cc4)c4cccc5ccccc45)cc31)C1CC3CC(C1)CC2C3. The molecule has 0 amide bonds. The molecule has 13 rings (SSSR count). The van der Waals surface area contributed by atoms with E-state index in [2.05, 4.69) is 149 Å². The van der Waals surface area contributed by atoms with Gasteiger partial charge in [-0.15, -0.1) is 0 Å². The summed E-state index contributed by atoms with van der Waals surface area (Å²) < 4.78 is 32.2. The van der Waals surface area contributed by atoms with Crippen molar-refractivity contribution < 1.29 is 8.42 Å². The van der Waals surface area contributed by atoms with Crippen LogP contribution in [-0.4, -0.2) is 13.0 Å². The molecule has 1 aromatic heterocycles. The summed E-state index contributed by atoms with van der Waals surface area (Å²) in [7, 11) is -3.78. The summed E-state index contributed by atoms with van der Waals surface area (Å²) in [5.74, 6) is 2.47. The third-order valence-corrected chi connectivity index (χ3v) is 15.8. The summed E-state index contributed by atoms with van der Waals surface area (Å²) in [5, 5.41) is 4.71. The Bertz CT molecular complexity index is 2890. The van der Waals surface area contributed by atoms with E-state index in [4.69, 9.17) is 0 Å². The molecule has 0 N–H and O–H groups in total. The highest BCUT2D eigenvalue weighted by Gasteiger charge is 2.62. The molecule has 0 unspecified atom stereocenters. The van der Waals surface area contributed by atoms with Crippen LogP contribution in [0.5, 0.6) is 0 Å². The van der Waals surface area contributed by atoms with Gasteiger partial charge in [0, 0.05) is 38.6 Å². The van der Waals surface area contributed by atoms with Gasteiger partial charge in [0.1, 0.15) is 0 Å². The normalized spacial score (nSPS) is 24.4. The van der Waals surface area contributed by atoms with Crippen LogP contribution < -0.4 is 4.90 Å². The van der Waals surface area contributed by atoms with Crippen molar-refractivity contribution in [2.45, 2.75) is 47.3 Å². The van der Waals surface area contributed by atoms with Crippen LogP contribution >= 0.6 is 0 Å². The average molecular weight is 733 g/mol. The first kappa shape index (κ1) is 31.7. The molecule has 2 heterocycles. The Morgan fingerprint density at radius 1 is 0.509 bits per heavy atom. The molecule has 4 bridgehead atoms. The zero-order chi connectivity index (χ0) is 36.5. The third-order valence-electron chi connectivity index (χ3n) is 14.0. The molecule has 1 spiro atoms. The molecule has 0 saturated heterocycles. The van der Waals surface area contributed by atoms with Crippen molar-refractivity contribution in [3.63, 3.8) is 0 Å². The molecule has 0 atom stereocenters. The second-order valence-corrected chi connectivity index (χ2v) is 18.5. The summed E-state index contributed by atoms with van der Waals surface area (Å²) in [6, 6.07) is 55.2. The largest absolute Gasteiger partial charge is 0.310 e. The molecule has 1 aliphatic heterocycles. The number of aromatic nitrogens is 1. The van der Waals surface area contributed by atoms with Gasteiger partial charge < -0.3 is 9.47 Å². The number of para-hydroxylation sites is 2. The van der Waals surface area contributed by atoms with Crippen molar-refractivity contribution in [1.82, 2.24) is 4.57 Å². The van der Waals surface area contributed by atoms with E-state index in [1.54, 1.807) is 0 Å². The van der Waals surface area contributed by atoms with Gasteiger partial charge in [-0.05, 0) is 133 Å². The van der Waals surface area contributed by atoms with Gasteiger partial charge >= 0.3 is 0 Å². The Kier molecular flexibility index (Phi) is 6.59. The van der Waals surface area contributed by atoms with Crippen molar-refractivity contribution in [3.05, 3.63) is 169 Å². The quantitative estimate of drug-likeness (QED) is 0.181. The summed E-state index contributed by atoms with van der Waals surface area (Å²) in [4.78, 5) is 3.26. The van der Waals surface area contributed by atoms with E-state index < -0.39 is 9.84 Å². The van der Waals surface area contributed by atoms with Crippen LogP contribution in [0.2, 0.25) is 0 Å². The van der Waals surface area contributed by atoms with Crippen molar-refractivity contribution in [2.24, 2.45) is 23.7 Å². The minimum atomic E-state index is -3.78. The maximum atomic E-state index is 14.9. The number of hydrogen-bond acceptors (Lipinski definition) is 3. The molecular weight excluding hydrogens is 693 g/mol. The lowest BCUT2D eigenvalue weighted by molar-refractivity contribution is -0.0446. The summed E-state index contributed by atoms with van der Waals surface area (Å²) in [5.41, 5.74) is 8.06. The fourth-order valence-electron chi connectivity index (χ4n) is 12.1. The minimum absolute atomic E-state index is 0.266. The van der Waals surface area contributed by atoms with Crippen LogP contribution in [0.25, 0.3) is 38.3 Å². The Morgan fingerprint density at radius 3 is 1.78 bits per heavy atom. The van der Waals surface area contributed by atoms with Gasteiger partial charge in [0.15, 0.2) is 0 Å². The maximum absolute atomic E-state index is 14.9. The van der Waals surface area contributed by atoms with Gasteiger partial charge in [0.05, 0.1) is 26.5 Å². The van der Waals surface area contributed by atoms with Crippen molar-refractivity contribution in [2.75, 3.05) is 4.90 Å². The Labute approximate surface area is 321 Å². The molecule has 4 saturated carbocycles. The highest BCUT2D eigenvalue weighted by molar-refractivity contribution is 7.91. The lowest BCUT2D eigenvalue weighted by Gasteiger charge is -2.63. The van der Waals surface area contributed by atoms with E-state index >= 15 is 0 Å². The van der Waals surface area contributed by atoms with E-state index in [1.807, 2.05) is 18.2 Å². The zero-order valence-electron chi connectivity index (χ0n) is 30.5. The van der Waals surface area contributed by atoms with Crippen molar-refractivity contribution in [3.8, 4) is 5.69 Å². The Balaban J connectivity index is 1.07. The smallest absolute Gasteiger partial charge is 0.207 e. The molecule has 4 aliphatic carbocycles. The Hall–Kier alpha value is -5.65. The minimum Gasteiger partial charge on any atom is -0.310 e. The van der Waals surface area contributed by atoms with E-state index in [9.17, 15) is 8.42 Å². The molecule has 55 heavy (non-hydrogen) atoms. The first-order valence-electron chi connectivity index (χ1n) is 19.9. The molecule has 0 radical (unpaired) electrons. The predicted molar refractivity (Wildman–Crippen MR) is 223 cm³/mol. The molecule has 4 nitrogen and oxygen atoms in total. The highest BCUT2D eigenvalue weighted by atomic mass is 32.2. The van der Waals surface area contributed by atoms with Gasteiger partial charge in [-0.3, -0.25) is 0 Å². The molecule has 5 aliphatic rings. The molecule has 4 fully saturated rings. The number of fused-ring (bicyclic) bond motifs is 6. The number of sulfone groups is 1. The van der Waals surface area contributed by atoms with Crippen LogP contribution in [0.15, 0.2) is 168 Å². The highest BCUT2D eigenvalue weighted by Crippen LogP contribution is 2.68. The van der Waals surface area contributed by atoms with E-state index in [-0.39, 0.29) is 5.41 Å². The van der Waals surface area contributed by atoms with Gasteiger partial charge in [-0.1, -0.05) is 97.1 Å². The first-order chi connectivity index (χ1) is 27.0. The van der Waals surface area contributed by atoms with Crippen LogP contribution in [0.3, 0.4) is 0 Å². The van der Waals surface area contributed by atoms with E-state index in [0.29, 0.717) is 21.6 Å². The number of rotatable bonds is 4. The van der Waals surface area contributed by atoms with Gasteiger partial charge in [0.2, 0.25) is 9.84 Å². The van der Waals surface area contributed by atoms with Crippen molar-refractivity contribution >= 4 is 59.5 Å². The average Bonchev–Trinajstić information content (AvgIpc) is 3.56. The fraction of sp³-hybridized carbons (Fsp3) is 0.200. The fourth-order valence-corrected chi connectivity index (χ4v) is 13.9. The lowest BCUT2D eigenvalue weighted by atomic mass is 9.42. The second kappa shape index (κ2) is 11.4. The molecule has 7 aromatic carbocycles. The lowest BCUT2D eigenvalue weighted by Crippen LogP contribution is -2.57. The second-order valence-electron chi connectivity index (χ2n) is 16.6. The van der Waals surface area contributed by atoms with Gasteiger partial charge in [-0.25, -0.2) is 8.42 Å². The summed E-state index contributed by atoms with van der Waals surface area (Å²) in [6.45, 7) is 0. The van der Waals surface area contributed by atoms with Gasteiger partial charge in [-0.2, -0.15) is 0 Å². The molecular formula is C50H40N2O2S. The van der Waals surface area contributed by atoms with E-state index in [1.165, 1.54) is 53.9 Å². The van der Waals surface area contributed by atoms with Crippen LogP contribution in [0.4, 0.5) is 17.1 Å². The third kappa shape index (κ3) is 4.30. The molecule has 5 heteroatoms. The summed E-state index contributed by atoms with van der Waals surface area (Å²) in [6.07, 6.45) is 6.14. The summed E-state index contributed by atoms with van der Waals surface area (Å²) >= 11 is 0. The maximum Gasteiger partial charge on any atom is 0.207 e. The topological polar surface area (TPSA) is 42.3 Å². The Morgan fingerprint density at radius 2 is 1.07 bits per heavy atom. The van der Waals surface area contributed by atoms with Gasteiger partial charge in [0.25, 0.3) is 0 Å². The van der Waals surface area contributed by atoms with Crippen LogP contribution in [-0.2, 0) is 15.3 Å². The van der Waals surface area contributed by atoms with Crippen molar-refractivity contribution in [1.29, 1.82) is 0 Å². The van der Waals surface area contributed by atoms with Crippen LogP contribution in [0.1, 0.15) is 43.2 Å². The number of nitrogens with zero attached hydrogens (tertiary/aromatic N) is 2. The zero-order valence-corrected chi connectivity index (χ0v) is 31.3. The number of anilines is 3. The molecule has 8 aromatic rings. The number of hydrogen-bond donors (Lipinski definition) is 0. The number of benzene rings is 7. The monoisotopic (exact) mass is 732 g/mol.